The molecular weight excluding hydrogens is 382 g/mol. The molecule has 148 valence electrons. The van der Waals surface area contributed by atoms with Gasteiger partial charge in [0.05, 0.1) is 18.3 Å². The van der Waals surface area contributed by atoms with Crippen LogP contribution in [0.15, 0.2) is 46.1 Å². The third-order valence-electron chi connectivity index (χ3n) is 4.62. The van der Waals surface area contributed by atoms with Gasteiger partial charge >= 0.3 is 0 Å². The fraction of sp³-hybridized carbons (Fsp3) is 0.389. The van der Waals surface area contributed by atoms with Gasteiger partial charge in [0.1, 0.15) is 16.7 Å². The predicted octanol–water partition coefficient (Wildman–Crippen LogP) is 2.10. The van der Waals surface area contributed by atoms with E-state index in [-0.39, 0.29) is 17.5 Å². The van der Waals surface area contributed by atoms with Gasteiger partial charge in [-0.25, -0.2) is 8.42 Å². The number of para-hydroxylation sites is 1. The van der Waals surface area contributed by atoms with Gasteiger partial charge in [-0.3, -0.25) is 4.68 Å². The van der Waals surface area contributed by atoms with Crippen LogP contribution in [0.3, 0.4) is 0 Å². The van der Waals surface area contributed by atoms with Gasteiger partial charge in [0.2, 0.25) is 10.0 Å². The molecule has 1 fully saturated rings. The van der Waals surface area contributed by atoms with Crippen molar-refractivity contribution in [2.45, 2.75) is 37.8 Å². The molecule has 1 unspecified atom stereocenters. The predicted molar refractivity (Wildman–Crippen MR) is 100 cm³/mol. The minimum atomic E-state index is -3.58. The molecule has 1 aliphatic heterocycles. The van der Waals surface area contributed by atoms with E-state index in [0.29, 0.717) is 42.5 Å². The van der Waals surface area contributed by atoms with Crippen molar-refractivity contribution < 1.29 is 17.7 Å². The molecule has 0 N–H and O–H groups in total. The van der Waals surface area contributed by atoms with E-state index in [1.165, 1.54) is 10.5 Å². The summed E-state index contributed by atoms with van der Waals surface area (Å²) in [6, 6.07) is 7.37. The van der Waals surface area contributed by atoms with E-state index in [9.17, 15) is 8.42 Å². The van der Waals surface area contributed by atoms with Crippen LogP contribution in [-0.2, 0) is 16.6 Å². The first kappa shape index (κ1) is 18.6. The number of hydrogen-bond acceptors (Lipinski definition) is 7. The third-order valence-corrected chi connectivity index (χ3v) is 6.44. The van der Waals surface area contributed by atoms with Gasteiger partial charge in [0, 0.05) is 19.3 Å². The molecule has 0 amide bonds. The summed E-state index contributed by atoms with van der Waals surface area (Å²) in [5.41, 5.74) is 0.689. The van der Waals surface area contributed by atoms with E-state index in [0.717, 1.165) is 0 Å². The molecular formula is C18H21N5O4S. The van der Waals surface area contributed by atoms with Crippen molar-refractivity contribution in [3.05, 3.63) is 42.5 Å². The number of nitrogens with zero attached hydrogens (tertiary/aromatic N) is 5. The van der Waals surface area contributed by atoms with Crippen molar-refractivity contribution in [2.75, 3.05) is 13.1 Å². The maximum atomic E-state index is 12.8. The number of aryl methyl sites for hydroxylation is 2. The van der Waals surface area contributed by atoms with Crippen molar-refractivity contribution in [3.8, 4) is 17.2 Å². The van der Waals surface area contributed by atoms with E-state index in [4.69, 9.17) is 9.26 Å². The second-order valence-electron chi connectivity index (χ2n) is 6.57. The van der Waals surface area contributed by atoms with Gasteiger partial charge in [-0.15, -0.1) is 0 Å². The summed E-state index contributed by atoms with van der Waals surface area (Å²) in [5.74, 6) is 1.51. The Morgan fingerprint density at radius 1 is 1.32 bits per heavy atom. The summed E-state index contributed by atoms with van der Waals surface area (Å²) in [7, 11) is -3.58. The lowest BCUT2D eigenvalue weighted by Gasteiger charge is -2.17. The van der Waals surface area contributed by atoms with Crippen LogP contribution in [0.2, 0.25) is 0 Å². The van der Waals surface area contributed by atoms with Crippen LogP contribution < -0.4 is 4.74 Å². The highest BCUT2D eigenvalue weighted by atomic mass is 32.2. The van der Waals surface area contributed by atoms with Crippen LogP contribution in [0.25, 0.3) is 11.5 Å². The Balaban J connectivity index is 1.50. The summed E-state index contributed by atoms with van der Waals surface area (Å²) in [6.07, 6.45) is 3.27. The van der Waals surface area contributed by atoms with E-state index >= 15 is 0 Å². The maximum absolute atomic E-state index is 12.8. The largest absolute Gasteiger partial charge is 0.488 e. The SMILES string of the molecule is CCn1cc(S(=O)(=O)N2CCC(Oc3ccccc3-c3nc(C)no3)C2)cn1. The molecule has 9 nitrogen and oxygen atoms in total. The van der Waals surface area contributed by atoms with Crippen LogP contribution in [-0.4, -0.2) is 51.8 Å². The van der Waals surface area contributed by atoms with Gasteiger partial charge in [-0.2, -0.15) is 14.4 Å². The van der Waals surface area contributed by atoms with Gasteiger partial charge in [0.25, 0.3) is 5.89 Å². The lowest BCUT2D eigenvalue weighted by molar-refractivity contribution is 0.216. The van der Waals surface area contributed by atoms with Crippen molar-refractivity contribution >= 4 is 10.0 Å². The fourth-order valence-electron chi connectivity index (χ4n) is 3.14. The van der Waals surface area contributed by atoms with Gasteiger partial charge in [-0.1, -0.05) is 17.3 Å². The quantitative estimate of drug-likeness (QED) is 0.621. The highest BCUT2D eigenvalue weighted by Gasteiger charge is 2.34. The van der Waals surface area contributed by atoms with Crippen LogP contribution in [0.1, 0.15) is 19.2 Å². The van der Waals surface area contributed by atoms with Crippen LogP contribution in [0.4, 0.5) is 0 Å². The standard InChI is InChI=1S/C18H21N5O4S/c1-3-22-12-15(10-19-22)28(24,25)23-9-8-14(11-23)26-17-7-5-4-6-16(17)18-20-13(2)21-27-18/h4-7,10,12,14H,3,8-9,11H2,1-2H3. The Morgan fingerprint density at radius 2 is 2.14 bits per heavy atom. The van der Waals surface area contributed by atoms with Gasteiger partial charge < -0.3 is 9.26 Å². The second-order valence-corrected chi connectivity index (χ2v) is 8.50. The summed E-state index contributed by atoms with van der Waals surface area (Å²) in [5, 5.41) is 7.88. The molecule has 1 aliphatic rings. The smallest absolute Gasteiger partial charge is 0.261 e. The van der Waals surface area contributed by atoms with E-state index in [2.05, 4.69) is 15.2 Å². The summed E-state index contributed by atoms with van der Waals surface area (Å²) < 4.78 is 40.1. The van der Waals surface area contributed by atoms with E-state index < -0.39 is 10.0 Å². The molecule has 3 heterocycles. The minimum Gasteiger partial charge on any atom is -0.488 e. The number of benzene rings is 1. The first-order chi connectivity index (χ1) is 13.5. The number of sulfonamides is 1. The molecule has 0 saturated carbocycles. The molecule has 1 saturated heterocycles. The zero-order chi connectivity index (χ0) is 19.7. The fourth-order valence-corrected chi connectivity index (χ4v) is 4.59. The minimum absolute atomic E-state index is 0.205. The maximum Gasteiger partial charge on any atom is 0.261 e. The molecule has 10 heteroatoms. The van der Waals surface area contributed by atoms with Crippen molar-refractivity contribution in [1.29, 1.82) is 0 Å². The lowest BCUT2D eigenvalue weighted by atomic mass is 10.2. The zero-order valence-corrected chi connectivity index (χ0v) is 16.5. The Bertz CT molecular complexity index is 1080. The molecule has 2 aromatic heterocycles. The average molecular weight is 403 g/mol. The lowest BCUT2D eigenvalue weighted by Crippen LogP contribution is -2.31. The third kappa shape index (κ3) is 3.52. The molecule has 1 atom stereocenters. The van der Waals surface area contributed by atoms with Crippen LogP contribution >= 0.6 is 0 Å². The molecule has 0 bridgehead atoms. The second kappa shape index (κ2) is 7.36. The highest BCUT2D eigenvalue weighted by molar-refractivity contribution is 7.89. The number of rotatable bonds is 6. The summed E-state index contributed by atoms with van der Waals surface area (Å²) in [4.78, 5) is 4.45. The van der Waals surface area contributed by atoms with E-state index in [1.54, 1.807) is 17.8 Å². The Kier molecular flexibility index (Phi) is 4.90. The van der Waals surface area contributed by atoms with Crippen LogP contribution in [0, 0.1) is 6.92 Å². The van der Waals surface area contributed by atoms with Crippen molar-refractivity contribution in [3.63, 3.8) is 0 Å². The van der Waals surface area contributed by atoms with Crippen molar-refractivity contribution in [2.24, 2.45) is 0 Å². The summed E-state index contributed by atoms with van der Waals surface area (Å²) >= 11 is 0. The van der Waals surface area contributed by atoms with Gasteiger partial charge in [0.15, 0.2) is 5.82 Å². The highest BCUT2D eigenvalue weighted by Crippen LogP contribution is 2.31. The average Bonchev–Trinajstić information content (AvgIpc) is 3.43. The normalized spacial score (nSPS) is 17.9. The summed E-state index contributed by atoms with van der Waals surface area (Å²) in [6.45, 7) is 4.94. The Hall–Kier alpha value is -2.72. The first-order valence-electron chi connectivity index (χ1n) is 9.06. The molecule has 1 aromatic carbocycles. The first-order valence-corrected chi connectivity index (χ1v) is 10.5. The monoisotopic (exact) mass is 403 g/mol. The number of hydrogen-bond donors (Lipinski definition) is 0. The molecule has 0 aliphatic carbocycles. The number of aromatic nitrogens is 4. The van der Waals surface area contributed by atoms with Gasteiger partial charge in [-0.05, 0) is 32.4 Å². The van der Waals surface area contributed by atoms with E-state index in [1.807, 2.05) is 31.2 Å². The molecule has 4 rings (SSSR count). The Labute approximate surface area is 163 Å². The molecule has 0 radical (unpaired) electrons. The van der Waals surface area contributed by atoms with Crippen LogP contribution in [0.5, 0.6) is 5.75 Å². The number of ether oxygens (including phenoxy) is 1. The molecule has 0 spiro atoms. The topological polar surface area (TPSA) is 103 Å². The Morgan fingerprint density at radius 3 is 2.86 bits per heavy atom. The molecule has 28 heavy (non-hydrogen) atoms. The zero-order valence-electron chi connectivity index (χ0n) is 15.6. The van der Waals surface area contributed by atoms with Crippen molar-refractivity contribution in [1.82, 2.24) is 24.2 Å². The molecule has 3 aromatic rings.